The van der Waals surface area contributed by atoms with Gasteiger partial charge < -0.3 is 9.47 Å². The second kappa shape index (κ2) is 7.06. The van der Waals surface area contributed by atoms with E-state index >= 15 is 0 Å². The molecule has 0 aliphatic carbocycles. The summed E-state index contributed by atoms with van der Waals surface area (Å²) < 4.78 is 29.8. The number of hydrogen-bond acceptors (Lipinski definition) is 5. The molecule has 4 aromatic rings. The molecule has 150 valence electrons. The summed E-state index contributed by atoms with van der Waals surface area (Å²) in [5.41, 5.74) is 2.54. The lowest BCUT2D eigenvalue weighted by Gasteiger charge is -2.34. The Morgan fingerprint density at radius 1 is 1.07 bits per heavy atom. The number of halogens is 2. The number of benzene rings is 1. The van der Waals surface area contributed by atoms with Gasteiger partial charge in [-0.25, -0.2) is 13.8 Å². The summed E-state index contributed by atoms with van der Waals surface area (Å²) >= 11 is 0. The molecule has 1 aliphatic heterocycles. The van der Waals surface area contributed by atoms with Gasteiger partial charge in [0.1, 0.15) is 11.6 Å². The molecule has 4 heterocycles. The van der Waals surface area contributed by atoms with E-state index in [9.17, 15) is 8.78 Å². The van der Waals surface area contributed by atoms with E-state index in [-0.39, 0.29) is 0 Å². The highest BCUT2D eigenvalue weighted by atomic mass is 19.3. The molecule has 0 radical (unpaired) electrons. The van der Waals surface area contributed by atoms with Gasteiger partial charge in [0, 0.05) is 25.6 Å². The maximum Gasteiger partial charge on any atom is 0.299 e. The molecule has 7 nitrogen and oxygen atoms in total. The number of fused-ring (bicyclic) bond motifs is 2. The molecule has 0 saturated carbocycles. The predicted octanol–water partition coefficient (Wildman–Crippen LogP) is 3.82. The van der Waals surface area contributed by atoms with Crippen LogP contribution in [0.5, 0.6) is 0 Å². The highest BCUT2D eigenvalue weighted by Gasteiger charge is 2.25. The Morgan fingerprint density at radius 3 is 2.62 bits per heavy atom. The highest BCUT2D eigenvalue weighted by Crippen LogP contribution is 2.30. The molecule has 0 spiro atoms. The third-order valence-electron chi connectivity index (χ3n) is 5.61. The van der Waals surface area contributed by atoms with Crippen LogP contribution in [0.2, 0.25) is 0 Å². The van der Waals surface area contributed by atoms with E-state index in [2.05, 4.69) is 43.8 Å². The zero-order chi connectivity index (χ0) is 20.0. The zero-order valence-corrected chi connectivity index (χ0v) is 16.0. The van der Waals surface area contributed by atoms with Crippen LogP contribution < -0.4 is 4.90 Å². The summed E-state index contributed by atoms with van der Waals surface area (Å²) in [7, 11) is 0. The summed E-state index contributed by atoms with van der Waals surface area (Å²) in [6, 6.07) is 12.1. The van der Waals surface area contributed by atoms with E-state index < -0.39 is 12.2 Å². The first-order valence-electron chi connectivity index (χ1n) is 9.87. The average Bonchev–Trinajstić information content (AvgIpc) is 3.34. The van der Waals surface area contributed by atoms with Crippen molar-refractivity contribution in [1.82, 2.24) is 29.4 Å². The minimum Gasteiger partial charge on any atom is -0.355 e. The Bertz CT molecular complexity index is 1160. The van der Waals surface area contributed by atoms with Gasteiger partial charge in [0.05, 0.1) is 11.0 Å². The molecule has 9 heteroatoms. The molecule has 29 heavy (non-hydrogen) atoms. The molecule has 0 N–H and O–H groups in total. The first-order valence-corrected chi connectivity index (χ1v) is 9.87. The molecule has 1 aliphatic rings. The number of anilines is 1. The maximum atomic E-state index is 13.1. The Morgan fingerprint density at radius 2 is 1.86 bits per heavy atom. The molecule has 0 unspecified atom stereocenters. The second-order valence-corrected chi connectivity index (χ2v) is 7.28. The first kappa shape index (κ1) is 18.0. The Balaban J connectivity index is 1.40. The van der Waals surface area contributed by atoms with Crippen LogP contribution in [-0.4, -0.2) is 42.5 Å². The van der Waals surface area contributed by atoms with Crippen molar-refractivity contribution in [2.75, 3.05) is 18.0 Å². The lowest BCUT2D eigenvalue weighted by molar-refractivity contribution is 0.137. The van der Waals surface area contributed by atoms with Gasteiger partial charge in [0.25, 0.3) is 6.43 Å². The standard InChI is InChI=1S/C20H21F2N7/c1-2-16-23-14-5-3-4-6-15(14)28(16)13-9-11-27(12-10-13)18-8-7-17-24-25-20(19(21)22)29(17)26-18/h3-8,13,19H,2,9-12H2,1H3. The molecule has 3 aromatic heterocycles. The van der Waals surface area contributed by atoms with Crippen LogP contribution >= 0.6 is 0 Å². The third kappa shape index (κ3) is 3.01. The van der Waals surface area contributed by atoms with Gasteiger partial charge in [-0.3, -0.25) is 0 Å². The number of rotatable bonds is 4. The van der Waals surface area contributed by atoms with E-state index in [1.165, 1.54) is 5.52 Å². The van der Waals surface area contributed by atoms with Crippen LogP contribution in [0.1, 0.15) is 43.9 Å². The van der Waals surface area contributed by atoms with Crippen molar-refractivity contribution < 1.29 is 8.78 Å². The summed E-state index contributed by atoms with van der Waals surface area (Å²) in [6.07, 6.45) is 0.0610. The molecule has 0 bridgehead atoms. The largest absolute Gasteiger partial charge is 0.355 e. The number of para-hydroxylation sites is 2. The van der Waals surface area contributed by atoms with Crippen LogP contribution in [0.4, 0.5) is 14.6 Å². The fourth-order valence-corrected chi connectivity index (χ4v) is 4.20. The number of alkyl halides is 2. The van der Waals surface area contributed by atoms with E-state index in [1.807, 2.05) is 18.2 Å². The topological polar surface area (TPSA) is 64.1 Å². The molecular weight excluding hydrogens is 376 g/mol. The van der Waals surface area contributed by atoms with Gasteiger partial charge in [-0.1, -0.05) is 19.1 Å². The molecule has 0 atom stereocenters. The van der Waals surface area contributed by atoms with Crippen LogP contribution in [0.15, 0.2) is 36.4 Å². The van der Waals surface area contributed by atoms with Crippen molar-refractivity contribution in [2.24, 2.45) is 0 Å². The fourth-order valence-electron chi connectivity index (χ4n) is 4.20. The summed E-state index contributed by atoms with van der Waals surface area (Å²) in [5.74, 6) is 1.35. The number of nitrogens with zero attached hydrogens (tertiary/aromatic N) is 7. The van der Waals surface area contributed by atoms with Gasteiger partial charge in [0.15, 0.2) is 5.65 Å². The maximum absolute atomic E-state index is 13.1. The molecule has 1 aromatic carbocycles. The van der Waals surface area contributed by atoms with E-state index in [0.29, 0.717) is 17.5 Å². The SMILES string of the molecule is CCc1nc2ccccc2n1C1CCN(c2ccc3nnc(C(F)F)n3n2)CC1. The van der Waals surface area contributed by atoms with Crippen LogP contribution in [0, 0.1) is 0 Å². The van der Waals surface area contributed by atoms with E-state index in [4.69, 9.17) is 4.98 Å². The van der Waals surface area contributed by atoms with Gasteiger partial charge in [-0.15, -0.1) is 15.3 Å². The molecular formula is C20H21F2N7. The van der Waals surface area contributed by atoms with E-state index in [1.54, 1.807) is 6.07 Å². The second-order valence-electron chi connectivity index (χ2n) is 7.28. The monoisotopic (exact) mass is 397 g/mol. The summed E-state index contributed by atoms with van der Waals surface area (Å²) in [4.78, 5) is 6.92. The minimum atomic E-state index is -2.71. The lowest BCUT2D eigenvalue weighted by atomic mass is 10.0. The third-order valence-corrected chi connectivity index (χ3v) is 5.61. The first-order chi connectivity index (χ1) is 14.2. The Labute approximate surface area is 166 Å². The molecule has 0 amide bonds. The van der Waals surface area contributed by atoms with Gasteiger partial charge >= 0.3 is 0 Å². The fraction of sp³-hybridized carbons (Fsp3) is 0.400. The summed E-state index contributed by atoms with van der Waals surface area (Å²) in [5, 5.41) is 11.7. The number of aryl methyl sites for hydroxylation is 1. The quantitative estimate of drug-likeness (QED) is 0.524. The average molecular weight is 397 g/mol. The van der Waals surface area contributed by atoms with Crippen molar-refractivity contribution in [3.8, 4) is 0 Å². The Kier molecular flexibility index (Phi) is 4.37. The van der Waals surface area contributed by atoms with Gasteiger partial charge in [0.2, 0.25) is 5.82 Å². The Hall–Kier alpha value is -3.10. The zero-order valence-electron chi connectivity index (χ0n) is 16.0. The summed E-state index contributed by atoms with van der Waals surface area (Å²) in [6.45, 7) is 3.72. The van der Waals surface area contributed by atoms with Crippen LogP contribution in [-0.2, 0) is 6.42 Å². The van der Waals surface area contributed by atoms with Crippen molar-refractivity contribution in [3.05, 3.63) is 48.0 Å². The van der Waals surface area contributed by atoms with Gasteiger partial charge in [-0.2, -0.15) is 4.52 Å². The normalized spacial score (nSPS) is 15.8. The highest BCUT2D eigenvalue weighted by molar-refractivity contribution is 5.76. The lowest BCUT2D eigenvalue weighted by Crippen LogP contribution is -2.35. The minimum absolute atomic E-state index is 0.330. The van der Waals surface area contributed by atoms with Crippen LogP contribution in [0.25, 0.3) is 16.7 Å². The number of hydrogen-bond donors (Lipinski definition) is 0. The molecule has 1 fully saturated rings. The van der Waals surface area contributed by atoms with Crippen molar-refractivity contribution >= 4 is 22.5 Å². The van der Waals surface area contributed by atoms with Crippen LogP contribution in [0.3, 0.4) is 0 Å². The smallest absolute Gasteiger partial charge is 0.299 e. The van der Waals surface area contributed by atoms with E-state index in [0.717, 1.165) is 48.2 Å². The number of aromatic nitrogens is 6. The molecule has 5 rings (SSSR count). The molecule has 1 saturated heterocycles. The van der Waals surface area contributed by atoms with Crippen molar-refractivity contribution in [3.63, 3.8) is 0 Å². The predicted molar refractivity (Wildman–Crippen MR) is 105 cm³/mol. The van der Waals surface area contributed by atoms with Crippen molar-refractivity contribution in [1.29, 1.82) is 0 Å². The van der Waals surface area contributed by atoms with Gasteiger partial charge in [-0.05, 0) is 37.1 Å². The number of piperidine rings is 1. The number of imidazole rings is 1. The van der Waals surface area contributed by atoms with Crippen molar-refractivity contribution in [2.45, 2.75) is 38.7 Å².